The Morgan fingerprint density at radius 3 is 1.65 bits per heavy atom. The van der Waals surface area contributed by atoms with Gasteiger partial charge in [-0.3, -0.25) is 0 Å². The molecule has 0 saturated carbocycles. The molecule has 0 aromatic heterocycles. The highest BCUT2D eigenvalue weighted by Crippen LogP contribution is 2.10. The van der Waals surface area contributed by atoms with Gasteiger partial charge in [0.1, 0.15) is 11.5 Å². The van der Waals surface area contributed by atoms with Crippen molar-refractivity contribution in [2.45, 2.75) is 0 Å². The molecule has 2 nitrogen and oxygen atoms in total. The summed E-state index contributed by atoms with van der Waals surface area (Å²) in [4.78, 5) is 0. The highest BCUT2D eigenvalue weighted by Gasteiger charge is 2.00. The van der Waals surface area contributed by atoms with Crippen molar-refractivity contribution in [2.24, 2.45) is 0 Å². The van der Waals surface area contributed by atoms with Gasteiger partial charge in [-0.15, -0.1) is 5.73 Å². The van der Waals surface area contributed by atoms with Crippen LogP contribution in [-0.4, -0.2) is 14.2 Å². The molecule has 0 spiro atoms. The Kier molecular flexibility index (Phi) is 2.17. The summed E-state index contributed by atoms with van der Waals surface area (Å²) in [6.45, 7) is 0. The minimum Gasteiger partial charge on any atom is -0.497 e. The first kappa shape index (κ1) is 10.0. The predicted octanol–water partition coefficient (Wildman–Crippen LogP) is 1.06. The second-order valence-corrected chi connectivity index (χ2v) is 3.95. The highest BCUT2D eigenvalue weighted by atomic mass is 16.5. The molecule has 0 N–H and O–H groups in total. The van der Waals surface area contributed by atoms with Crippen LogP contribution in [0.3, 0.4) is 0 Å². The molecule has 84 valence electrons. The van der Waals surface area contributed by atoms with Crippen molar-refractivity contribution in [1.82, 2.24) is 0 Å². The van der Waals surface area contributed by atoms with Crippen LogP contribution in [0.4, 0.5) is 0 Å². The molecule has 1 aliphatic rings. The number of ether oxygens (including phenoxy) is 2. The first-order valence-electron chi connectivity index (χ1n) is 5.45. The van der Waals surface area contributed by atoms with Crippen LogP contribution in [-0.2, 0) is 0 Å². The molecule has 1 aliphatic carbocycles. The van der Waals surface area contributed by atoms with Crippen molar-refractivity contribution in [3.8, 4) is 11.5 Å². The third kappa shape index (κ3) is 1.50. The normalized spacial score (nSPS) is 10.9. The van der Waals surface area contributed by atoms with E-state index in [1.807, 2.05) is 36.4 Å². The molecule has 2 aromatic rings. The van der Waals surface area contributed by atoms with Crippen LogP contribution in [0.2, 0.25) is 0 Å². The van der Waals surface area contributed by atoms with Gasteiger partial charge in [0.15, 0.2) is 0 Å². The third-order valence-electron chi connectivity index (χ3n) is 3.01. The molecule has 0 amide bonds. The van der Waals surface area contributed by atoms with Crippen molar-refractivity contribution in [3.05, 3.63) is 57.3 Å². The van der Waals surface area contributed by atoms with E-state index in [-0.39, 0.29) is 0 Å². The summed E-state index contributed by atoms with van der Waals surface area (Å²) in [6.07, 6.45) is 0. The summed E-state index contributed by atoms with van der Waals surface area (Å²) in [5.41, 5.74) is 3.37. The van der Waals surface area contributed by atoms with Gasteiger partial charge in [0.05, 0.1) is 14.2 Å². The molecule has 0 heterocycles. The second kappa shape index (κ2) is 3.69. The van der Waals surface area contributed by atoms with Gasteiger partial charge in [-0.2, -0.15) is 0 Å². The van der Waals surface area contributed by atoms with E-state index in [0.717, 1.165) is 32.4 Å². The van der Waals surface area contributed by atoms with Crippen LogP contribution in [0.5, 0.6) is 11.5 Å². The molecule has 0 atom stereocenters. The van der Waals surface area contributed by atoms with E-state index in [9.17, 15) is 0 Å². The molecule has 3 rings (SSSR count). The number of fused-ring (bicyclic) bond motifs is 2. The number of hydrogen-bond acceptors (Lipinski definition) is 2. The van der Waals surface area contributed by atoms with Crippen LogP contribution in [0.1, 0.15) is 0 Å². The zero-order valence-electron chi connectivity index (χ0n) is 9.78. The maximum absolute atomic E-state index is 5.25. The Balaban J connectivity index is 2.49. The van der Waals surface area contributed by atoms with Crippen molar-refractivity contribution in [1.29, 1.82) is 0 Å². The summed E-state index contributed by atoms with van der Waals surface area (Å²) < 4.78 is 10.5. The monoisotopic (exact) mass is 224 g/mol. The standard InChI is InChI=1S/C15H12O2/c1-16-12-5-3-10-7-11-4-6-13(17-2)9-15(11)14(10)8-12/h3-6,8-9H,1-2H3. The van der Waals surface area contributed by atoms with Crippen LogP contribution in [0.25, 0.3) is 5.73 Å². The Morgan fingerprint density at radius 2 is 1.24 bits per heavy atom. The Bertz CT molecular complexity index is 734. The maximum Gasteiger partial charge on any atom is 0.119 e. The maximum atomic E-state index is 5.25. The van der Waals surface area contributed by atoms with Gasteiger partial charge < -0.3 is 9.47 Å². The van der Waals surface area contributed by atoms with Crippen LogP contribution in [0.15, 0.2) is 36.4 Å². The van der Waals surface area contributed by atoms with Gasteiger partial charge in [-0.25, -0.2) is 0 Å². The van der Waals surface area contributed by atoms with Crippen LogP contribution < -0.4 is 19.9 Å². The van der Waals surface area contributed by atoms with Gasteiger partial charge in [-0.05, 0) is 36.4 Å². The van der Waals surface area contributed by atoms with Crippen molar-refractivity contribution in [2.75, 3.05) is 14.2 Å². The van der Waals surface area contributed by atoms with Crippen molar-refractivity contribution in [3.63, 3.8) is 0 Å². The SMILES string of the molecule is COc1ccc2c(c1)=c1cc(OC)ccc1=C=2. The quantitative estimate of drug-likeness (QED) is 0.648. The summed E-state index contributed by atoms with van der Waals surface area (Å²) in [6, 6.07) is 12.0. The molecule has 17 heavy (non-hydrogen) atoms. The largest absolute Gasteiger partial charge is 0.497 e. The molecule has 2 aromatic carbocycles. The van der Waals surface area contributed by atoms with E-state index >= 15 is 0 Å². The number of hydrogen-bond donors (Lipinski definition) is 0. The Morgan fingerprint density at radius 1 is 0.765 bits per heavy atom. The lowest BCUT2D eigenvalue weighted by Gasteiger charge is -1.99. The number of benzene rings is 2. The van der Waals surface area contributed by atoms with E-state index in [1.54, 1.807) is 14.2 Å². The molecular formula is C15H12O2. The van der Waals surface area contributed by atoms with Gasteiger partial charge in [-0.1, -0.05) is 0 Å². The van der Waals surface area contributed by atoms with E-state index in [2.05, 4.69) is 5.73 Å². The lowest BCUT2D eigenvalue weighted by molar-refractivity contribution is 0.413. The summed E-state index contributed by atoms with van der Waals surface area (Å²) in [5.74, 6) is 1.72. The fourth-order valence-electron chi connectivity index (χ4n) is 2.11. The Labute approximate surface area is 98.7 Å². The molecular weight excluding hydrogens is 212 g/mol. The molecule has 2 heteroatoms. The van der Waals surface area contributed by atoms with Crippen molar-refractivity contribution >= 4 is 5.73 Å². The van der Waals surface area contributed by atoms with E-state index in [4.69, 9.17) is 9.47 Å². The zero-order chi connectivity index (χ0) is 11.8. The van der Waals surface area contributed by atoms with Crippen molar-refractivity contribution < 1.29 is 9.47 Å². The first-order chi connectivity index (χ1) is 8.31. The number of rotatable bonds is 2. The molecule has 0 radical (unpaired) electrons. The lowest BCUT2D eigenvalue weighted by Crippen LogP contribution is -1.99. The minimum absolute atomic E-state index is 0.862. The van der Waals surface area contributed by atoms with E-state index in [1.165, 1.54) is 0 Å². The van der Waals surface area contributed by atoms with Crippen LogP contribution >= 0.6 is 0 Å². The van der Waals surface area contributed by atoms with Gasteiger partial charge in [0.25, 0.3) is 0 Å². The summed E-state index contributed by atoms with van der Waals surface area (Å²) in [5, 5.41) is 4.51. The fraction of sp³-hybridized carbons (Fsp3) is 0.133. The zero-order valence-corrected chi connectivity index (χ0v) is 9.78. The minimum atomic E-state index is 0.862. The topological polar surface area (TPSA) is 18.5 Å². The molecule has 0 aliphatic heterocycles. The molecule has 0 fully saturated rings. The second-order valence-electron chi connectivity index (χ2n) is 3.95. The first-order valence-corrected chi connectivity index (χ1v) is 5.45. The number of methoxy groups -OCH3 is 2. The highest BCUT2D eigenvalue weighted by molar-refractivity contribution is 5.40. The van der Waals surface area contributed by atoms with Gasteiger partial charge in [0, 0.05) is 20.9 Å². The van der Waals surface area contributed by atoms with Crippen LogP contribution in [0, 0.1) is 10.4 Å². The Hall–Kier alpha value is -2.18. The lowest BCUT2D eigenvalue weighted by atomic mass is 10.2. The molecule has 0 saturated heterocycles. The third-order valence-corrected chi connectivity index (χ3v) is 3.01. The fourth-order valence-corrected chi connectivity index (χ4v) is 2.11. The average Bonchev–Trinajstić information content (AvgIpc) is 2.75. The van der Waals surface area contributed by atoms with E-state index in [0.29, 0.717) is 0 Å². The predicted molar refractivity (Wildman–Crippen MR) is 65.4 cm³/mol. The van der Waals surface area contributed by atoms with E-state index < -0.39 is 0 Å². The molecule has 0 bridgehead atoms. The molecule has 0 unspecified atom stereocenters. The van der Waals surface area contributed by atoms with Gasteiger partial charge in [0.2, 0.25) is 0 Å². The summed E-state index contributed by atoms with van der Waals surface area (Å²) >= 11 is 0. The van der Waals surface area contributed by atoms with Gasteiger partial charge >= 0.3 is 0 Å². The summed E-state index contributed by atoms with van der Waals surface area (Å²) in [7, 11) is 3.35. The average molecular weight is 224 g/mol. The smallest absolute Gasteiger partial charge is 0.119 e.